The van der Waals surface area contributed by atoms with Crippen LogP contribution < -0.4 is 26.8 Å². The van der Waals surface area contributed by atoms with Crippen LogP contribution in [0.1, 0.15) is 36.9 Å². The molecule has 2 amide bonds. The van der Waals surface area contributed by atoms with E-state index in [2.05, 4.69) is 32.9 Å². The Labute approximate surface area is 159 Å². The van der Waals surface area contributed by atoms with Crippen LogP contribution in [0.15, 0.2) is 18.2 Å². The number of benzene rings is 1. The highest BCUT2D eigenvalue weighted by Crippen LogP contribution is 2.26. The first-order valence-electron chi connectivity index (χ1n) is 9.06. The molecule has 2 fully saturated rings. The summed E-state index contributed by atoms with van der Waals surface area (Å²) in [7, 11) is 0. The molecule has 0 aromatic heterocycles. The molecule has 0 radical (unpaired) electrons. The topological polar surface area (TPSA) is 94.3 Å². The molecule has 4 atom stereocenters. The lowest BCUT2D eigenvalue weighted by molar-refractivity contribution is -0.124. The van der Waals surface area contributed by atoms with Crippen LogP contribution in [0.4, 0.5) is 5.69 Å². The smallest absolute Gasteiger partial charge is 0.239 e. The van der Waals surface area contributed by atoms with Crippen molar-refractivity contribution in [3.63, 3.8) is 0 Å². The molecular weight excluding hydrogens is 354 g/mol. The van der Waals surface area contributed by atoms with Crippen molar-refractivity contribution in [1.82, 2.24) is 21.5 Å². The van der Waals surface area contributed by atoms with E-state index in [-0.39, 0.29) is 42.2 Å². The van der Waals surface area contributed by atoms with Gasteiger partial charge in [-0.1, -0.05) is 12.1 Å². The predicted octanol–water partition coefficient (Wildman–Crippen LogP) is 0.625. The van der Waals surface area contributed by atoms with Gasteiger partial charge in [0.1, 0.15) is 6.04 Å². The van der Waals surface area contributed by atoms with Gasteiger partial charge in [-0.05, 0) is 43.5 Å². The van der Waals surface area contributed by atoms with Crippen LogP contribution in [0, 0.1) is 5.92 Å². The first-order chi connectivity index (χ1) is 12.1. The van der Waals surface area contributed by atoms with Crippen LogP contribution in [0.5, 0.6) is 0 Å². The van der Waals surface area contributed by atoms with E-state index in [4.69, 9.17) is 0 Å². The predicted molar refractivity (Wildman–Crippen MR) is 102 cm³/mol. The van der Waals surface area contributed by atoms with E-state index in [0.29, 0.717) is 12.5 Å². The van der Waals surface area contributed by atoms with E-state index in [9.17, 15) is 9.59 Å². The van der Waals surface area contributed by atoms with Gasteiger partial charge in [0.25, 0.3) is 0 Å². The van der Waals surface area contributed by atoms with Gasteiger partial charge in [-0.25, -0.2) is 5.43 Å². The highest BCUT2D eigenvalue weighted by atomic mass is 35.5. The lowest BCUT2D eigenvalue weighted by Gasteiger charge is -2.28. The van der Waals surface area contributed by atoms with Gasteiger partial charge < -0.3 is 16.0 Å². The van der Waals surface area contributed by atoms with Crippen molar-refractivity contribution < 1.29 is 9.59 Å². The number of rotatable bonds is 3. The summed E-state index contributed by atoms with van der Waals surface area (Å²) < 4.78 is 0. The highest BCUT2D eigenvalue weighted by Gasteiger charge is 2.41. The number of hydrazine groups is 1. The summed E-state index contributed by atoms with van der Waals surface area (Å²) in [5.74, 6) is 0.374. The van der Waals surface area contributed by atoms with Crippen LogP contribution >= 0.6 is 12.4 Å². The molecule has 8 heteroatoms. The van der Waals surface area contributed by atoms with Crippen molar-refractivity contribution in [2.45, 2.75) is 44.3 Å². The Bertz CT molecular complexity index is 698. The number of aryl methyl sites for hydroxylation is 1. The molecule has 4 unspecified atom stereocenters. The van der Waals surface area contributed by atoms with Crippen molar-refractivity contribution in [2.24, 2.45) is 5.92 Å². The summed E-state index contributed by atoms with van der Waals surface area (Å²) in [5, 5.41) is 9.39. The Kier molecular flexibility index (Phi) is 5.82. The summed E-state index contributed by atoms with van der Waals surface area (Å²) in [6, 6.07) is 6.07. The molecule has 5 N–H and O–H groups in total. The number of halogens is 1. The van der Waals surface area contributed by atoms with Crippen molar-refractivity contribution >= 4 is 29.9 Å². The first-order valence-corrected chi connectivity index (χ1v) is 9.06. The zero-order valence-electron chi connectivity index (χ0n) is 14.8. The molecule has 2 saturated heterocycles. The van der Waals surface area contributed by atoms with Gasteiger partial charge in [0.2, 0.25) is 11.8 Å². The number of anilines is 1. The molecule has 1 aromatic carbocycles. The molecule has 3 heterocycles. The van der Waals surface area contributed by atoms with E-state index in [1.54, 1.807) is 0 Å². The van der Waals surface area contributed by atoms with Gasteiger partial charge in [-0.2, -0.15) is 0 Å². The van der Waals surface area contributed by atoms with Gasteiger partial charge in [0.15, 0.2) is 0 Å². The molecule has 0 saturated carbocycles. The minimum Gasteiger partial charge on any atom is -0.348 e. The van der Waals surface area contributed by atoms with Gasteiger partial charge in [-0.15, -0.1) is 12.4 Å². The normalized spacial score (nSPS) is 28.2. The van der Waals surface area contributed by atoms with Crippen molar-refractivity contribution in [3.8, 4) is 0 Å². The van der Waals surface area contributed by atoms with Crippen LogP contribution in [-0.2, 0) is 16.0 Å². The zero-order valence-corrected chi connectivity index (χ0v) is 15.6. The SMILES string of the molecule is CC(NC(=O)C1NNC2CCNCC21)c1ccc2c(c1)CCC(=O)N2.Cl. The average Bonchev–Trinajstić information content (AvgIpc) is 3.05. The monoisotopic (exact) mass is 379 g/mol. The Morgan fingerprint density at radius 1 is 1.27 bits per heavy atom. The summed E-state index contributed by atoms with van der Waals surface area (Å²) in [6.45, 7) is 3.85. The van der Waals surface area contributed by atoms with E-state index >= 15 is 0 Å². The molecule has 4 rings (SSSR count). The number of hydrogen-bond donors (Lipinski definition) is 5. The van der Waals surface area contributed by atoms with Crippen LogP contribution in [0.2, 0.25) is 0 Å². The fourth-order valence-electron chi connectivity index (χ4n) is 4.03. The summed E-state index contributed by atoms with van der Waals surface area (Å²) in [5.41, 5.74) is 9.50. The third kappa shape index (κ3) is 3.71. The lowest BCUT2D eigenvalue weighted by atomic mass is 9.89. The van der Waals surface area contributed by atoms with Crippen molar-refractivity contribution in [3.05, 3.63) is 29.3 Å². The van der Waals surface area contributed by atoms with Crippen LogP contribution in [0.3, 0.4) is 0 Å². The van der Waals surface area contributed by atoms with E-state index in [0.717, 1.165) is 42.7 Å². The molecule has 3 aliphatic heterocycles. The second kappa shape index (κ2) is 7.92. The second-order valence-corrected chi connectivity index (χ2v) is 7.22. The Morgan fingerprint density at radius 3 is 2.96 bits per heavy atom. The molecule has 7 nitrogen and oxygen atoms in total. The zero-order chi connectivity index (χ0) is 17.4. The number of piperidine rings is 1. The molecular formula is C18H26ClN5O2. The number of carbonyl (C=O) groups is 2. The van der Waals surface area contributed by atoms with Gasteiger partial charge in [0, 0.05) is 30.6 Å². The molecule has 0 aliphatic carbocycles. The molecule has 3 aliphatic rings. The Balaban J connectivity index is 0.00000196. The second-order valence-electron chi connectivity index (χ2n) is 7.22. The maximum atomic E-state index is 12.7. The lowest BCUT2D eigenvalue weighted by Crippen LogP contribution is -2.49. The Morgan fingerprint density at radius 2 is 2.12 bits per heavy atom. The fraction of sp³-hybridized carbons (Fsp3) is 0.556. The third-order valence-electron chi connectivity index (χ3n) is 5.55. The largest absolute Gasteiger partial charge is 0.348 e. The minimum atomic E-state index is -0.211. The number of nitrogens with one attached hydrogen (secondary N) is 5. The third-order valence-corrected chi connectivity index (χ3v) is 5.55. The summed E-state index contributed by atoms with van der Waals surface area (Å²) in [6.07, 6.45) is 2.30. The Hall–Kier alpha value is -1.67. The van der Waals surface area contributed by atoms with Crippen molar-refractivity contribution in [1.29, 1.82) is 0 Å². The standard InChI is InChI=1S/C18H25N5O2.ClH/c1-10(11-2-4-14-12(8-11)3-5-16(24)21-14)20-18(25)17-13-9-19-7-6-15(13)22-23-17;/h2,4,8,10,13,15,17,19,22-23H,3,5-7,9H2,1H3,(H,20,25)(H,21,24);1H. The number of amides is 2. The number of carbonyl (C=O) groups excluding carboxylic acids is 2. The molecule has 1 aromatic rings. The molecule has 0 bridgehead atoms. The average molecular weight is 380 g/mol. The van der Waals surface area contributed by atoms with E-state index in [1.807, 2.05) is 19.1 Å². The molecule has 142 valence electrons. The molecule has 0 spiro atoms. The maximum absolute atomic E-state index is 12.7. The maximum Gasteiger partial charge on any atom is 0.239 e. The van der Waals surface area contributed by atoms with Crippen molar-refractivity contribution in [2.75, 3.05) is 18.4 Å². The highest BCUT2D eigenvalue weighted by molar-refractivity contribution is 5.94. The number of hydrogen-bond acceptors (Lipinski definition) is 5. The van der Waals surface area contributed by atoms with E-state index < -0.39 is 0 Å². The summed E-state index contributed by atoms with van der Waals surface area (Å²) >= 11 is 0. The summed E-state index contributed by atoms with van der Waals surface area (Å²) in [4.78, 5) is 24.2. The van der Waals surface area contributed by atoms with Gasteiger partial charge >= 0.3 is 0 Å². The van der Waals surface area contributed by atoms with Gasteiger partial charge in [0.05, 0.1) is 6.04 Å². The van der Waals surface area contributed by atoms with Gasteiger partial charge in [-0.3, -0.25) is 15.0 Å². The van der Waals surface area contributed by atoms with Crippen LogP contribution in [-0.4, -0.2) is 37.0 Å². The first kappa shape index (κ1) is 19.1. The number of fused-ring (bicyclic) bond motifs is 2. The minimum absolute atomic E-state index is 0. The quantitative estimate of drug-likeness (QED) is 0.531. The van der Waals surface area contributed by atoms with E-state index in [1.165, 1.54) is 0 Å². The fourth-order valence-corrected chi connectivity index (χ4v) is 4.03. The van der Waals surface area contributed by atoms with Crippen LogP contribution in [0.25, 0.3) is 0 Å². The molecule has 26 heavy (non-hydrogen) atoms.